The van der Waals surface area contributed by atoms with Gasteiger partial charge in [-0.15, -0.1) is 0 Å². The second-order valence-electron chi connectivity index (χ2n) is 6.17. The van der Waals surface area contributed by atoms with Gasteiger partial charge in [0.15, 0.2) is 24.0 Å². The van der Waals surface area contributed by atoms with Crippen LogP contribution in [0.1, 0.15) is 41.6 Å². The van der Waals surface area contributed by atoms with Crippen molar-refractivity contribution in [1.82, 2.24) is 0 Å². The maximum atomic E-state index is 13.9. The molecule has 0 aliphatic heterocycles. The summed E-state index contributed by atoms with van der Waals surface area (Å²) >= 11 is 0. The van der Waals surface area contributed by atoms with E-state index in [-0.39, 0.29) is 17.1 Å². The number of hydrogen-bond donors (Lipinski definition) is 0. The molecule has 1 aromatic carbocycles. The average molecular weight is 330 g/mol. The van der Waals surface area contributed by atoms with E-state index in [1.807, 2.05) is 0 Å². The van der Waals surface area contributed by atoms with Crippen molar-refractivity contribution in [2.24, 2.45) is 5.41 Å². The second kappa shape index (κ2) is 5.32. The van der Waals surface area contributed by atoms with Gasteiger partial charge in [-0.2, -0.15) is 13.2 Å². The molecule has 1 aromatic rings. The molecule has 3 nitrogen and oxygen atoms in total. The van der Waals surface area contributed by atoms with Crippen molar-refractivity contribution >= 4 is 11.6 Å². The molecule has 124 valence electrons. The third kappa shape index (κ3) is 2.96. The maximum absolute atomic E-state index is 13.9. The van der Waals surface area contributed by atoms with Crippen molar-refractivity contribution in [2.45, 2.75) is 38.3 Å². The fraction of sp³-hybridized carbons (Fsp3) is 0.500. The standard InChI is InChI=1S/C16H14F4O3/c17-12-5-9-7-15(3-1-10(21)2-4-15)14(22)11(9)6-13(12)23-8-16(18,19)20/h5-6H,1-4,7-8H2. The monoisotopic (exact) mass is 330 g/mol. The van der Waals surface area contributed by atoms with E-state index >= 15 is 0 Å². The van der Waals surface area contributed by atoms with Gasteiger partial charge in [0, 0.05) is 23.8 Å². The van der Waals surface area contributed by atoms with E-state index in [2.05, 4.69) is 4.74 Å². The van der Waals surface area contributed by atoms with E-state index in [0.29, 0.717) is 37.7 Å². The summed E-state index contributed by atoms with van der Waals surface area (Å²) in [4.78, 5) is 24.0. The molecule has 1 fully saturated rings. The summed E-state index contributed by atoms with van der Waals surface area (Å²) in [6.07, 6.45) is -2.84. The lowest BCUT2D eigenvalue weighted by Gasteiger charge is -2.30. The fourth-order valence-corrected chi connectivity index (χ4v) is 3.36. The highest BCUT2D eigenvalue weighted by Gasteiger charge is 2.47. The molecule has 0 atom stereocenters. The number of ketones is 2. The molecule has 2 aliphatic rings. The molecule has 0 unspecified atom stereocenters. The Balaban J connectivity index is 1.87. The first-order chi connectivity index (χ1) is 10.7. The Morgan fingerprint density at radius 3 is 2.39 bits per heavy atom. The molecule has 1 spiro atoms. The molecule has 1 saturated carbocycles. The van der Waals surface area contributed by atoms with Crippen LogP contribution in [0.25, 0.3) is 0 Å². The molecular weight excluding hydrogens is 316 g/mol. The Morgan fingerprint density at radius 1 is 1.13 bits per heavy atom. The average Bonchev–Trinajstić information content (AvgIpc) is 2.71. The van der Waals surface area contributed by atoms with Gasteiger partial charge >= 0.3 is 6.18 Å². The van der Waals surface area contributed by atoms with E-state index in [9.17, 15) is 27.2 Å². The van der Waals surface area contributed by atoms with Crippen molar-refractivity contribution in [3.05, 3.63) is 29.1 Å². The van der Waals surface area contributed by atoms with E-state index in [0.717, 1.165) is 12.1 Å². The van der Waals surface area contributed by atoms with Crippen LogP contribution in [0.5, 0.6) is 5.75 Å². The van der Waals surface area contributed by atoms with Gasteiger partial charge in [-0.1, -0.05) is 0 Å². The van der Waals surface area contributed by atoms with Crippen molar-refractivity contribution in [3.8, 4) is 5.75 Å². The highest BCUT2D eigenvalue weighted by Crippen LogP contribution is 2.47. The predicted molar refractivity (Wildman–Crippen MR) is 71.9 cm³/mol. The zero-order chi connectivity index (χ0) is 16.8. The molecule has 0 N–H and O–H groups in total. The van der Waals surface area contributed by atoms with Crippen molar-refractivity contribution in [3.63, 3.8) is 0 Å². The summed E-state index contributed by atoms with van der Waals surface area (Å²) in [7, 11) is 0. The lowest BCUT2D eigenvalue weighted by atomic mass is 9.71. The van der Waals surface area contributed by atoms with Crippen LogP contribution in [-0.4, -0.2) is 24.3 Å². The van der Waals surface area contributed by atoms with Crippen molar-refractivity contribution < 1.29 is 31.9 Å². The number of carbonyl (C=O) groups excluding carboxylic acids is 2. The summed E-state index contributed by atoms with van der Waals surface area (Å²) < 4.78 is 55.0. The minimum absolute atomic E-state index is 0.0970. The first-order valence-corrected chi connectivity index (χ1v) is 7.29. The van der Waals surface area contributed by atoms with Gasteiger partial charge in [0.1, 0.15) is 5.78 Å². The highest BCUT2D eigenvalue weighted by atomic mass is 19.4. The van der Waals surface area contributed by atoms with Crippen LogP contribution in [0, 0.1) is 11.2 Å². The minimum atomic E-state index is -4.58. The SMILES string of the molecule is O=C1CCC2(CC1)Cc1cc(F)c(OCC(F)(F)F)cc1C2=O. The van der Waals surface area contributed by atoms with E-state index < -0.39 is 29.8 Å². The summed E-state index contributed by atoms with van der Waals surface area (Å²) in [5, 5.41) is 0. The third-order valence-corrected chi connectivity index (χ3v) is 4.57. The molecule has 0 aromatic heterocycles. The first kappa shape index (κ1) is 16.0. The molecule has 0 bridgehead atoms. The normalized spacial score (nSPS) is 20.0. The predicted octanol–water partition coefficient (Wildman–Crippen LogP) is 3.64. The summed E-state index contributed by atoms with van der Waals surface area (Å²) in [5.74, 6) is -1.61. The topological polar surface area (TPSA) is 43.4 Å². The fourth-order valence-electron chi connectivity index (χ4n) is 3.36. The number of hydrogen-bond acceptors (Lipinski definition) is 3. The highest BCUT2D eigenvalue weighted by molar-refractivity contribution is 6.06. The molecule has 0 amide bonds. The molecule has 23 heavy (non-hydrogen) atoms. The molecule has 2 aliphatic carbocycles. The van der Waals surface area contributed by atoms with Gasteiger partial charge in [0.25, 0.3) is 0 Å². The van der Waals surface area contributed by atoms with Gasteiger partial charge in [0.2, 0.25) is 0 Å². The maximum Gasteiger partial charge on any atom is 0.422 e. The van der Waals surface area contributed by atoms with Crippen LogP contribution >= 0.6 is 0 Å². The zero-order valence-corrected chi connectivity index (χ0v) is 12.1. The Morgan fingerprint density at radius 2 is 1.78 bits per heavy atom. The van der Waals surface area contributed by atoms with Crippen LogP contribution in [-0.2, 0) is 11.2 Å². The minimum Gasteiger partial charge on any atom is -0.481 e. The number of rotatable bonds is 2. The lowest BCUT2D eigenvalue weighted by Crippen LogP contribution is -2.33. The quantitative estimate of drug-likeness (QED) is 0.778. The van der Waals surface area contributed by atoms with E-state index in [4.69, 9.17) is 0 Å². The largest absolute Gasteiger partial charge is 0.481 e. The Bertz CT molecular complexity index is 669. The molecule has 0 saturated heterocycles. The number of benzene rings is 1. The summed E-state index contributed by atoms with van der Waals surface area (Å²) in [6, 6.07) is 2.13. The zero-order valence-electron chi connectivity index (χ0n) is 12.1. The molecule has 7 heteroatoms. The first-order valence-electron chi connectivity index (χ1n) is 7.29. The van der Waals surface area contributed by atoms with Crippen LogP contribution in [0.4, 0.5) is 17.6 Å². The van der Waals surface area contributed by atoms with Gasteiger partial charge in [-0.05, 0) is 37.0 Å². The number of alkyl halides is 3. The second-order valence-corrected chi connectivity index (χ2v) is 6.17. The number of fused-ring (bicyclic) bond motifs is 1. The van der Waals surface area contributed by atoms with Gasteiger partial charge in [0.05, 0.1) is 0 Å². The summed E-state index contributed by atoms with van der Waals surface area (Å²) in [6.45, 7) is -1.61. The van der Waals surface area contributed by atoms with E-state index in [1.165, 1.54) is 0 Å². The van der Waals surface area contributed by atoms with Crippen LogP contribution in [0.2, 0.25) is 0 Å². The van der Waals surface area contributed by atoms with Crippen LogP contribution < -0.4 is 4.74 Å². The van der Waals surface area contributed by atoms with Crippen molar-refractivity contribution in [1.29, 1.82) is 0 Å². The molecule has 3 rings (SSSR count). The number of carbonyl (C=O) groups is 2. The lowest BCUT2D eigenvalue weighted by molar-refractivity contribution is -0.153. The van der Waals surface area contributed by atoms with Crippen LogP contribution in [0.3, 0.4) is 0 Å². The Hall–Kier alpha value is -1.92. The smallest absolute Gasteiger partial charge is 0.422 e. The number of ether oxygens (including phenoxy) is 1. The third-order valence-electron chi connectivity index (χ3n) is 4.57. The molecular formula is C16H14F4O3. The molecule has 0 radical (unpaired) electrons. The van der Waals surface area contributed by atoms with Gasteiger partial charge in [-0.25, -0.2) is 4.39 Å². The van der Waals surface area contributed by atoms with E-state index in [1.54, 1.807) is 0 Å². The Labute approximate surface area is 129 Å². The van der Waals surface area contributed by atoms with Gasteiger partial charge < -0.3 is 4.74 Å². The van der Waals surface area contributed by atoms with Crippen LogP contribution in [0.15, 0.2) is 12.1 Å². The Kier molecular flexibility index (Phi) is 3.69. The van der Waals surface area contributed by atoms with Gasteiger partial charge in [-0.3, -0.25) is 9.59 Å². The van der Waals surface area contributed by atoms with Crippen molar-refractivity contribution in [2.75, 3.05) is 6.61 Å². The number of halogens is 4. The summed E-state index contributed by atoms with van der Waals surface area (Å²) in [5.41, 5.74) is -0.0372. The number of Topliss-reactive ketones (excluding diaryl/α,β-unsaturated/α-hetero) is 2. The molecule has 0 heterocycles.